The molecule has 0 bridgehead atoms. The third-order valence-electron chi connectivity index (χ3n) is 2.52. The summed E-state index contributed by atoms with van der Waals surface area (Å²) in [5, 5.41) is 8.82. The maximum absolute atomic E-state index is 10.7. The molecule has 0 aliphatic carbocycles. The fourth-order valence-electron chi connectivity index (χ4n) is 1.39. The van der Waals surface area contributed by atoms with Gasteiger partial charge in [0, 0.05) is 18.4 Å². The zero-order valence-corrected chi connectivity index (χ0v) is 9.63. The van der Waals surface area contributed by atoms with Crippen LogP contribution in [0.5, 0.6) is 0 Å². The fraction of sp³-hybridized carbons (Fsp3) is 0.545. The molecule has 5 heteroatoms. The van der Waals surface area contributed by atoms with E-state index in [0.29, 0.717) is 12.4 Å². The molecule has 1 atom stereocenters. The smallest absolute Gasteiger partial charge is 0.317 e. The third-order valence-corrected chi connectivity index (χ3v) is 2.52. The lowest BCUT2D eigenvalue weighted by Gasteiger charge is -2.25. The quantitative estimate of drug-likeness (QED) is 0.784. The Balaban J connectivity index is 2.67. The van der Waals surface area contributed by atoms with Gasteiger partial charge < -0.3 is 5.11 Å². The van der Waals surface area contributed by atoms with E-state index in [1.807, 2.05) is 18.7 Å². The van der Waals surface area contributed by atoms with Crippen molar-refractivity contribution in [2.75, 3.05) is 6.54 Å². The molecule has 0 amide bonds. The van der Waals surface area contributed by atoms with Crippen molar-refractivity contribution in [1.29, 1.82) is 0 Å². The molecule has 0 saturated carbocycles. The summed E-state index contributed by atoms with van der Waals surface area (Å²) in [6.07, 6.45) is 4.23. The Morgan fingerprint density at radius 3 is 2.62 bits per heavy atom. The Hall–Kier alpha value is -1.49. The van der Waals surface area contributed by atoms with Crippen LogP contribution in [0.2, 0.25) is 0 Å². The van der Waals surface area contributed by atoms with Crippen LogP contribution in [-0.2, 0) is 11.3 Å². The summed E-state index contributed by atoms with van der Waals surface area (Å²) < 4.78 is 0. The van der Waals surface area contributed by atoms with Gasteiger partial charge in [0.1, 0.15) is 5.82 Å². The molecule has 1 N–H and O–H groups in total. The molecule has 0 spiro atoms. The second-order valence-electron chi connectivity index (χ2n) is 3.72. The van der Waals surface area contributed by atoms with Crippen LogP contribution in [0.15, 0.2) is 18.5 Å². The summed E-state index contributed by atoms with van der Waals surface area (Å²) in [6, 6.07) is 1.95. The minimum Gasteiger partial charge on any atom is -0.480 e. The number of hydrogen-bond acceptors (Lipinski definition) is 4. The first kappa shape index (κ1) is 12.6. The van der Waals surface area contributed by atoms with Gasteiger partial charge in [0.05, 0.1) is 13.1 Å². The van der Waals surface area contributed by atoms with Crippen molar-refractivity contribution in [3.05, 3.63) is 24.3 Å². The molecule has 88 valence electrons. The molecule has 5 nitrogen and oxygen atoms in total. The van der Waals surface area contributed by atoms with Crippen molar-refractivity contribution >= 4 is 5.97 Å². The van der Waals surface area contributed by atoms with Crippen LogP contribution >= 0.6 is 0 Å². The first-order valence-corrected chi connectivity index (χ1v) is 5.35. The highest BCUT2D eigenvalue weighted by molar-refractivity contribution is 5.69. The van der Waals surface area contributed by atoms with Crippen molar-refractivity contribution < 1.29 is 9.90 Å². The van der Waals surface area contributed by atoms with Crippen LogP contribution in [0.4, 0.5) is 0 Å². The lowest BCUT2D eigenvalue weighted by Crippen LogP contribution is -2.37. The number of carboxylic acids is 1. The van der Waals surface area contributed by atoms with Crippen LogP contribution < -0.4 is 0 Å². The minimum atomic E-state index is -0.823. The van der Waals surface area contributed by atoms with Crippen LogP contribution in [0, 0.1) is 0 Å². The molecule has 0 fully saturated rings. The summed E-state index contributed by atoms with van der Waals surface area (Å²) >= 11 is 0. The molecule has 1 unspecified atom stereocenters. The lowest BCUT2D eigenvalue weighted by atomic mass is 10.2. The van der Waals surface area contributed by atoms with Crippen LogP contribution in [-0.4, -0.2) is 38.5 Å². The molecule has 1 heterocycles. The molecule has 1 aromatic heterocycles. The fourth-order valence-corrected chi connectivity index (χ4v) is 1.39. The van der Waals surface area contributed by atoms with E-state index in [9.17, 15) is 4.79 Å². The van der Waals surface area contributed by atoms with Crippen molar-refractivity contribution in [2.45, 2.75) is 32.9 Å². The Morgan fingerprint density at radius 1 is 1.50 bits per heavy atom. The van der Waals surface area contributed by atoms with Gasteiger partial charge in [0.15, 0.2) is 0 Å². The predicted molar refractivity (Wildman–Crippen MR) is 59.8 cm³/mol. The largest absolute Gasteiger partial charge is 0.480 e. The normalized spacial score (nSPS) is 12.7. The number of rotatable bonds is 6. The van der Waals surface area contributed by atoms with E-state index < -0.39 is 5.97 Å². The SMILES string of the molecule is CCC(C)N(CC(=O)O)Cc1ncccn1. The average Bonchev–Trinajstić information content (AvgIpc) is 2.28. The Labute approximate surface area is 95.1 Å². The van der Waals surface area contributed by atoms with Gasteiger partial charge in [0.25, 0.3) is 0 Å². The molecule has 0 aliphatic heterocycles. The second-order valence-corrected chi connectivity index (χ2v) is 3.72. The number of carboxylic acid groups (broad SMARTS) is 1. The monoisotopic (exact) mass is 223 g/mol. The van der Waals surface area contributed by atoms with Crippen LogP contribution in [0.1, 0.15) is 26.1 Å². The first-order valence-electron chi connectivity index (χ1n) is 5.35. The third kappa shape index (κ3) is 3.94. The van der Waals surface area contributed by atoms with Crippen molar-refractivity contribution in [1.82, 2.24) is 14.9 Å². The summed E-state index contributed by atoms with van der Waals surface area (Å²) in [4.78, 5) is 20.8. The van der Waals surface area contributed by atoms with Gasteiger partial charge in [0.2, 0.25) is 0 Å². The van der Waals surface area contributed by atoms with Crippen LogP contribution in [0.25, 0.3) is 0 Å². The van der Waals surface area contributed by atoms with E-state index in [4.69, 9.17) is 5.11 Å². The van der Waals surface area contributed by atoms with Gasteiger partial charge in [-0.15, -0.1) is 0 Å². The van der Waals surface area contributed by atoms with Gasteiger partial charge in [-0.3, -0.25) is 9.69 Å². The standard InChI is InChI=1S/C11H17N3O2/c1-3-9(2)14(8-11(15)16)7-10-12-5-4-6-13-10/h4-6,9H,3,7-8H2,1-2H3,(H,15,16). The zero-order chi connectivity index (χ0) is 12.0. The summed E-state index contributed by atoms with van der Waals surface area (Å²) in [5.41, 5.74) is 0. The van der Waals surface area contributed by atoms with Gasteiger partial charge in [-0.25, -0.2) is 9.97 Å². The maximum Gasteiger partial charge on any atom is 0.317 e. The van der Waals surface area contributed by atoms with Gasteiger partial charge in [-0.05, 0) is 19.4 Å². The first-order chi connectivity index (χ1) is 7.63. The summed E-state index contributed by atoms with van der Waals surface area (Å²) in [7, 11) is 0. The number of aliphatic carboxylic acids is 1. The number of carbonyl (C=O) groups is 1. The van der Waals surface area contributed by atoms with Crippen molar-refractivity contribution in [3.63, 3.8) is 0 Å². The Morgan fingerprint density at radius 2 is 2.12 bits per heavy atom. The highest BCUT2D eigenvalue weighted by Crippen LogP contribution is 2.06. The molecule has 0 radical (unpaired) electrons. The molecule has 1 rings (SSSR count). The number of hydrogen-bond donors (Lipinski definition) is 1. The van der Waals surface area contributed by atoms with E-state index in [1.54, 1.807) is 18.5 Å². The Bertz CT molecular complexity index is 329. The average molecular weight is 223 g/mol. The minimum absolute atomic E-state index is 0.0211. The van der Waals surface area contributed by atoms with E-state index in [2.05, 4.69) is 9.97 Å². The maximum atomic E-state index is 10.7. The summed E-state index contributed by atoms with van der Waals surface area (Å²) in [6.45, 7) is 4.53. The highest BCUT2D eigenvalue weighted by atomic mass is 16.4. The van der Waals surface area contributed by atoms with E-state index in [0.717, 1.165) is 6.42 Å². The molecular formula is C11H17N3O2. The van der Waals surface area contributed by atoms with Crippen molar-refractivity contribution in [3.8, 4) is 0 Å². The molecule has 0 aliphatic rings. The second kappa shape index (κ2) is 6.17. The zero-order valence-electron chi connectivity index (χ0n) is 9.63. The molecule has 1 aromatic rings. The Kier molecular flexibility index (Phi) is 4.85. The highest BCUT2D eigenvalue weighted by Gasteiger charge is 2.16. The van der Waals surface area contributed by atoms with Gasteiger partial charge in [-0.2, -0.15) is 0 Å². The molecule has 0 saturated heterocycles. The predicted octanol–water partition coefficient (Wildman–Crippen LogP) is 1.16. The van der Waals surface area contributed by atoms with E-state index in [1.165, 1.54) is 0 Å². The van der Waals surface area contributed by atoms with Crippen LogP contribution in [0.3, 0.4) is 0 Å². The number of aromatic nitrogens is 2. The number of nitrogens with zero attached hydrogens (tertiary/aromatic N) is 3. The van der Waals surface area contributed by atoms with Gasteiger partial charge >= 0.3 is 5.97 Å². The van der Waals surface area contributed by atoms with Gasteiger partial charge in [-0.1, -0.05) is 6.92 Å². The molecular weight excluding hydrogens is 206 g/mol. The van der Waals surface area contributed by atoms with E-state index >= 15 is 0 Å². The molecule has 16 heavy (non-hydrogen) atoms. The summed E-state index contributed by atoms with van der Waals surface area (Å²) in [5.74, 6) is -0.166. The lowest BCUT2D eigenvalue weighted by molar-refractivity contribution is -0.139. The molecule has 0 aromatic carbocycles. The van der Waals surface area contributed by atoms with E-state index in [-0.39, 0.29) is 12.6 Å². The topological polar surface area (TPSA) is 66.3 Å². The van der Waals surface area contributed by atoms with Crippen molar-refractivity contribution in [2.24, 2.45) is 0 Å².